The van der Waals surface area contributed by atoms with E-state index in [9.17, 15) is 8.78 Å². The highest BCUT2D eigenvalue weighted by molar-refractivity contribution is 9.10. The summed E-state index contributed by atoms with van der Waals surface area (Å²) < 4.78 is 31.7. The van der Waals surface area contributed by atoms with E-state index in [1.165, 1.54) is 6.07 Å². The first kappa shape index (κ1) is 13.0. The number of halogens is 3. The van der Waals surface area contributed by atoms with E-state index >= 15 is 0 Å². The first-order valence-corrected chi connectivity index (χ1v) is 6.20. The number of hydrogen-bond donors (Lipinski definition) is 0. The Morgan fingerprint density at radius 1 is 1.06 bits per heavy atom. The van der Waals surface area contributed by atoms with Crippen LogP contribution >= 0.6 is 15.9 Å². The fourth-order valence-corrected chi connectivity index (χ4v) is 1.94. The zero-order chi connectivity index (χ0) is 13.0. The van der Waals surface area contributed by atoms with Crippen LogP contribution in [0.15, 0.2) is 53.0 Å². The molecule has 18 heavy (non-hydrogen) atoms. The second-order valence-electron chi connectivity index (χ2n) is 3.76. The number of ether oxygens (including phenoxy) is 1. The number of rotatable bonds is 4. The van der Waals surface area contributed by atoms with Crippen LogP contribution in [0.2, 0.25) is 0 Å². The van der Waals surface area contributed by atoms with Gasteiger partial charge in [0, 0.05) is 4.47 Å². The van der Waals surface area contributed by atoms with Crippen molar-refractivity contribution in [1.82, 2.24) is 0 Å². The van der Waals surface area contributed by atoms with Gasteiger partial charge in [0.15, 0.2) is 0 Å². The van der Waals surface area contributed by atoms with E-state index < -0.39 is 6.43 Å². The predicted octanol–water partition coefficient (Wildman–Crippen LogP) is 4.97. The Morgan fingerprint density at radius 2 is 1.78 bits per heavy atom. The zero-order valence-corrected chi connectivity index (χ0v) is 11.0. The molecule has 94 valence electrons. The summed E-state index contributed by atoms with van der Waals surface area (Å²) >= 11 is 3.17. The summed E-state index contributed by atoms with van der Waals surface area (Å²) in [7, 11) is 0. The van der Waals surface area contributed by atoms with Crippen LogP contribution in [0.5, 0.6) is 5.75 Å². The summed E-state index contributed by atoms with van der Waals surface area (Å²) in [6.07, 6.45) is -2.55. The van der Waals surface area contributed by atoms with Gasteiger partial charge in [0.1, 0.15) is 12.4 Å². The van der Waals surface area contributed by atoms with Crippen LogP contribution in [0.1, 0.15) is 17.6 Å². The first-order chi connectivity index (χ1) is 8.66. The minimum atomic E-state index is -2.55. The molecule has 0 spiro atoms. The largest absolute Gasteiger partial charge is 0.488 e. The lowest BCUT2D eigenvalue weighted by Gasteiger charge is -2.11. The van der Waals surface area contributed by atoms with Crippen molar-refractivity contribution in [3.8, 4) is 5.75 Å². The van der Waals surface area contributed by atoms with Gasteiger partial charge < -0.3 is 4.74 Å². The molecule has 0 aromatic heterocycles. The van der Waals surface area contributed by atoms with Crippen LogP contribution in [0, 0.1) is 0 Å². The number of hydrogen-bond acceptors (Lipinski definition) is 1. The van der Waals surface area contributed by atoms with Gasteiger partial charge in [-0.3, -0.25) is 0 Å². The highest BCUT2D eigenvalue weighted by Crippen LogP contribution is 2.32. The molecule has 0 aliphatic rings. The highest BCUT2D eigenvalue weighted by atomic mass is 79.9. The Hall–Kier alpha value is -1.42. The molecule has 0 heterocycles. The van der Waals surface area contributed by atoms with Crippen molar-refractivity contribution in [2.45, 2.75) is 13.0 Å². The Morgan fingerprint density at radius 3 is 2.44 bits per heavy atom. The monoisotopic (exact) mass is 312 g/mol. The van der Waals surface area contributed by atoms with E-state index in [-0.39, 0.29) is 17.9 Å². The molecule has 0 N–H and O–H groups in total. The Labute approximate surface area is 113 Å². The third kappa shape index (κ3) is 3.29. The van der Waals surface area contributed by atoms with Gasteiger partial charge in [-0.1, -0.05) is 46.3 Å². The van der Waals surface area contributed by atoms with E-state index in [4.69, 9.17) is 4.74 Å². The van der Waals surface area contributed by atoms with Crippen LogP contribution < -0.4 is 4.74 Å². The average molecular weight is 313 g/mol. The second-order valence-corrected chi connectivity index (χ2v) is 4.67. The van der Waals surface area contributed by atoms with E-state index in [1.54, 1.807) is 12.1 Å². The summed E-state index contributed by atoms with van der Waals surface area (Å²) in [5, 5.41) is 0. The van der Waals surface area contributed by atoms with Crippen molar-refractivity contribution in [2.24, 2.45) is 0 Å². The zero-order valence-electron chi connectivity index (χ0n) is 9.45. The quantitative estimate of drug-likeness (QED) is 0.775. The second kappa shape index (κ2) is 5.96. The van der Waals surface area contributed by atoms with Crippen molar-refractivity contribution in [3.05, 3.63) is 64.1 Å². The van der Waals surface area contributed by atoms with Crippen molar-refractivity contribution in [3.63, 3.8) is 0 Å². The molecular weight excluding hydrogens is 302 g/mol. The van der Waals surface area contributed by atoms with Crippen molar-refractivity contribution >= 4 is 15.9 Å². The normalized spacial score (nSPS) is 10.7. The summed E-state index contributed by atoms with van der Waals surface area (Å²) in [4.78, 5) is 0. The molecule has 0 aliphatic heterocycles. The maximum Gasteiger partial charge on any atom is 0.267 e. The average Bonchev–Trinajstić information content (AvgIpc) is 2.38. The lowest BCUT2D eigenvalue weighted by molar-refractivity contribution is 0.144. The molecule has 4 heteroatoms. The molecule has 0 radical (unpaired) electrons. The van der Waals surface area contributed by atoms with E-state index in [2.05, 4.69) is 15.9 Å². The molecule has 2 rings (SSSR count). The standard InChI is InChI=1S/C14H11BrF2O/c15-11-6-7-13(12(8-11)14(16)17)18-9-10-4-2-1-3-5-10/h1-8,14H,9H2. The van der Waals surface area contributed by atoms with Crippen LogP contribution in [0.4, 0.5) is 8.78 Å². The van der Waals surface area contributed by atoms with E-state index in [0.29, 0.717) is 4.47 Å². The maximum atomic E-state index is 12.8. The van der Waals surface area contributed by atoms with Gasteiger partial charge in [0.2, 0.25) is 0 Å². The van der Waals surface area contributed by atoms with E-state index in [1.807, 2.05) is 30.3 Å². The molecule has 2 aromatic rings. The van der Waals surface area contributed by atoms with E-state index in [0.717, 1.165) is 5.56 Å². The van der Waals surface area contributed by atoms with Crippen LogP contribution in [-0.2, 0) is 6.61 Å². The van der Waals surface area contributed by atoms with Crippen LogP contribution in [0.25, 0.3) is 0 Å². The van der Waals surface area contributed by atoms with Crippen LogP contribution in [0.3, 0.4) is 0 Å². The number of benzene rings is 2. The van der Waals surface area contributed by atoms with Gasteiger partial charge in [0.05, 0.1) is 5.56 Å². The smallest absolute Gasteiger partial charge is 0.267 e. The molecule has 2 aromatic carbocycles. The van der Waals surface area contributed by atoms with Gasteiger partial charge in [-0.05, 0) is 23.8 Å². The van der Waals surface area contributed by atoms with Gasteiger partial charge in [-0.25, -0.2) is 8.78 Å². The lowest BCUT2D eigenvalue weighted by Crippen LogP contribution is -1.99. The maximum absolute atomic E-state index is 12.8. The molecule has 0 aliphatic carbocycles. The predicted molar refractivity (Wildman–Crippen MR) is 69.9 cm³/mol. The van der Waals surface area contributed by atoms with Crippen molar-refractivity contribution in [1.29, 1.82) is 0 Å². The van der Waals surface area contributed by atoms with Gasteiger partial charge in [-0.2, -0.15) is 0 Å². The molecule has 0 unspecified atom stereocenters. The summed E-state index contributed by atoms with van der Waals surface area (Å²) in [6, 6.07) is 14.1. The molecule has 0 saturated heterocycles. The van der Waals surface area contributed by atoms with Gasteiger partial charge in [-0.15, -0.1) is 0 Å². The van der Waals surface area contributed by atoms with Crippen LogP contribution in [-0.4, -0.2) is 0 Å². The molecule has 0 saturated carbocycles. The Balaban J connectivity index is 2.14. The van der Waals surface area contributed by atoms with Crippen molar-refractivity contribution in [2.75, 3.05) is 0 Å². The topological polar surface area (TPSA) is 9.23 Å². The molecular formula is C14H11BrF2O. The molecule has 0 fully saturated rings. The highest BCUT2D eigenvalue weighted by Gasteiger charge is 2.14. The Kier molecular flexibility index (Phi) is 4.31. The lowest BCUT2D eigenvalue weighted by atomic mass is 10.2. The molecule has 0 bridgehead atoms. The third-order valence-corrected chi connectivity index (χ3v) is 2.94. The summed E-state index contributed by atoms with van der Waals surface area (Å²) in [5.41, 5.74) is 0.848. The third-order valence-electron chi connectivity index (χ3n) is 2.44. The summed E-state index contributed by atoms with van der Waals surface area (Å²) in [5.74, 6) is 0.219. The summed E-state index contributed by atoms with van der Waals surface area (Å²) in [6.45, 7) is 0.280. The fourth-order valence-electron chi connectivity index (χ4n) is 1.56. The molecule has 0 atom stereocenters. The first-order valence-electron chi connectivity index (χ1n) is 5.41. The van der Waals surface area contributed by atoms with Gasteiger partial charge in [0.25, 0.3) is 6.43 Å². The van der Waals surface area contributed by atoms with Crippen molar-refractivity contribution < 1.29 is 13.5 Å². The fraction of sp³-hybridized carbons (Fsp3) is 0.143. The SMILES string of the molecule is FC(F)c1cc(Br)ccc1OCc1ccccc1. The minimum absolute atomic E-state index is 0.0969. The number of alkyl halides is 2. The molecule has 1 nitrogen and oxygen atoms in total. The molecule has 0 amide bonds. The Bertz CT molecular complexity index is 514. The minimum Gasteiger partial charge on any atom is -0.488 e. The van der Waals surface area contributed by atoms with Gasteiger partial charge >= 0.3 is 0 Å².